The number of nitrogens with zero attached hydrogens (tertiary/aromatic N) is 2. The van der Waals surface area contributed by atoms with Gasteiger partial charge in [-0.15, -0.1) is 0 Å². The van der Waals surface area contributed by atoms with E-state index in [-0.39, 0.29) is 11.3 Å². The van der Waals surface area contributed by atoms with E-state index in [2.05, 4.69) is 34.7 Å². The molecule has 30 heavy (non-hydrogen) atoms. The number of carbonyl (C=O) groups is 2. The number of amides is 1. The van der Waals surface area contributed by atoms with Crippen LogP contribution in [0.1, 0.15) is 36.6 Å². The maximum atomic E-state index is 13.0. The van der Waals surface area contributed by atoms with Crippen molar-refractivity contribution in [3.8, 4) is 0 Å². The van der Waals surface area contributed by atoms with Crippen molar-refractivity contribution in [3.05, 3.63) is 75.3 Å². The van der Waals surface area contributed by atoms with Crippen molar-refractivity contribution in [1.29, 1.82) is 0 Å². The van der Waals surface area contributed by atoms with Gasteiger partial charge in [0.05, 0.1) is 11.6 Å². The zero-order chi connectivity index (χ0) is 21.8. The zero-order valence-corrected chi connectivity index (χ0v) is 19.1. The van der Waals surface area contributed by atoms with Crippen LogP contribution in [0.25, 0.3) is 5.76 Å². The molecule has 158 valence electrons. The molecule has 1 saturated heterocycles. The highest BCUT2D eigenvalue weighted by molar-refractivity contribution is 9.10. The Labute approximate surface area is 186 Å². The van der Waals surface area contributed by atoms with Gasteiger partial charge in [-0.2, -0.15) is 0 Å². The number of likely N-dealkylation sites (N-methyl/N-ethyl adjacent to an activating group) is 1. The van der Waals surface area contributed by atoms with Crippen LogP contribution in [0.4, 0.5) is 0 Å². The normalized spacial score (nSPS) is 18.4. The first-order chi connectivity index (χ1) is 14.4. The third-order valence-corrected chi connectivity index (χ3v) is 6.07. The molecule has 1 atom stereocenters. The number of aliphatic hydroxyl groups is 1. The van der Waals surface area contributed by atoms with Gasteiger partial charge in [-0.3, -0.25) is 9.59 Å². The van der Waals surface area contributed by atoms with Gasteiger partial charge in [-0.25, -0.2) is 0 Å². The van der Waals surface area contributed by atoms with Crippen LogP contribution in [0.15, 0.2) is 58.6 Å². The van der Waals surface area contributed by atoms with Crippen LogP contribution in [0.2, 0.25) is 0 Å². The quantitative estimate of drug-likeness (QED) is 0.367. The molecule has 1 N–H and O–H groups in total. The third-order valence-electron chi connectivity index (χ3n) is 5.58. The Kier molecular flexibility index (Phi) is 7.10. The van der Waals surface area contributed by atoms with Gasteiger partial charge in [-0.1, -0.05) is 71.7 Å². The minimum Gasteiger partial charge on any atom is -0.507 e. The van der Waals surface area contributed by atoms with E-state index in [0.717, 1.165) is 28.7 Å². The van der Waals surface area contributed by atoms with Crippen LogP contribution in [0, 0.1) is 6.92 Å². The summed E-state index contributed by atoms with van der Waals surface area (Å²) in [6.45, 7) is 8.90. The monoisotopic (exact) mass is 470 g/mol. The summed E-state index contributed by atoms with van der Waals surface area (Å²) >= 11 is 3.48. The van der Waals surface area contributed by atoms with Gasteiger partial charge in [0.15, 0.2) is 0 Å². The Morgan fingerprint density at radius 1 is 1.10 bits per heavy atom. The summed E-state index contributed by atoms with van der Waals surface area (Å²) < 4.78 is 0.852. The first-order valence-corrected chi connectivity index (χ1v) is 11.0. The molecule has 0 saturated carbocycles. The molecule has 5 nitrogen and oxygen atoms in total. The van der Waals surface area contributed by atoms with Crippen molar-refractivity contribution in [2.45, 2.75) is 26.8 Å². The number of hydrogen-bond donors (Lipinski definition) is 1. The maximum absolute atomic E-state index is 13.0. The Morgan fingerprint density at radius 2 is 1.77 bits per heavy atom. The number of benzene rings is 2. The van der Waals surface area contributed by atoms with Crippen molar-refractivity contribution in [2.24, 2.45) is 0 Å². The van der Waals surface area contributed by atoms with Crippen molar-refractivity contribution >= 4 is 33.4 Å². The summed E-state index contributed by atoms with van der Waals surface area (Å²) in [5.74, 6) is -1.35. The highest BCUT2D eigenvalue weighted by Gasteiger charge is 2.45. The topological polar surface area (TPSA) is 60.9 Å². The number of hydrogen-bond acceptors (Lipinski definition) is 4. The zero-order valence-electron chi connectivity index (χ0n) is 17.6. The molecule has 2 aromatic carbocycles. The molecule has 1 amide bonds. The molecule has 0 aliphatic carbocycles. The lowest BCUT2D eigenvalue weighted by molar-refractivity contribution is -0.140. The lowest BCUT2D eigenvalue weighted by Crippen LogP contribution is -2.38. The summed E-state index contributed by atoms with van der Waals surface area (Å²) in [4.78, 5) is 29.8. The van der Waals surface area contributed by atoms with Crippen LogP contribution < -0.4 is 0 Å². The van der Waals surface area contributed by atoms with Crippen LogP contribution >= 0.6 is 15.9 Å². The largest absolute Gasteiger partial charge is 0.507 e. The Hall–Kier alpha value is -2.44. The lowest BCUT2D eigenvalue weighted by atomic mass is 9.95. The highest BCUT2D eigenvalue weighted by Crippen LogP contribution is 2.39. The van der Waals surface area contributed by atoms with Crippen molar-refractivity contribution < 1.29 is 14.7 Å². The number of aliphatic hydroxyl groups excluding tert-OH is 1. The fourth-order valence-electron chi connectivity index (χ4n) is 3.79. The number of rotatable bonds is 7. The van der Waals surface area contributed by atoms with Gasteiger partial charge in [0.25, 0.3) is 11.7 Å². The number of Topliss-reactive ketones (excluding diaryl/α,β-unsaturated/α-hetero) is 1. The number of aryl methyl sites for hydroxylation is 1. The van der Waals surface area contributed by atoms with Crippen LogP contribution in [-0.2, 0) is 9.59 Å². The van der Waals surface area contributed by atoms with Gasteiger partial charge in [0, 0.05) is 23.1 Å². The predicted molar refractivity (Wildman–Crippen MR) is 122 cm³/mol. The fourth-order valence-corrected chi connectivity index (χ4v) is 4.21. The fraction of sp³-hybridized carbons (Fsp3) is 0.333. The average Bonchev–Trinajstić information content (AvgIpc) is 2.99. The molecule has 0 bridgehead atoms. The van der Waals surface area contributed by atoms with E-state index in [4.69, 9.17) is 0 Å². The van der Waals surface area contributed by atoms with Gasteiger partial charge < -0.3 is 14.9 Å². The summed E-state index contributed by atoms with van der Waals surface area (Å²) in [6, 6.07) is 14.2. The molecule has 1 aliphatic heterocycles. The van der Waals surface area contributed by atoms with Crippen LogP contribution in [-0.4, -0.2) is 52.8 Å². The van der Waals surface area contributed by atoms with E-state index >= 15 is 0 Å². The predicted octanol–water partition coefficient (Wildman–Crippen LogP) is 4.52. The number of likely N-dealkylation sites (tertiary alicyclic amines) is 1. The van der Waals surface area contributed by atoms with Gasteiger partial charge in [0.1, 0.15) is 5.76 Å². The Balaban J connectivity index is 2.09. The van der Waals surface area contributed by atoms with Crippen molar-refractivity contribution in [1.82, 2.24) is 9.80 Å². The second-order valence-electron chi connectivity index (χ2n) is 7.44. The molecule has 0 radical (unpaired) electrons. The highest BCUT2D eigenvalue weighted by atomic mass is 79.9. The SMILES string of the molecule is CCN(CC)CCN1C(=O)C(=O)/C(=C(/O)c2ccc(C)cc2)[C@H]1c1cccc(Br)c1. The van der Waals surface area contributed by atoms with Crippen LogP contribution in [0.3, 0.4) is 0 Å². The maximum Gasteiger partial charge on any atom is 0.295 e. The summed E-state index contributed by atoms with van der Waals surface area (Å²) in [6.07, 6.45) is 0. The Morgan fingerprint density at radius 3 is 2.37 bits per heavy atom. The summed E-state index contributed by atoms with van der Waals surface area (Å²) in [5, 5.41) is 11.0. The van der Waals surface area contributed by atoms with Crippen molar-refractivity contribution in [2.75, 3.05) is 26.2 Å². The van der Waals surface area contributed by atoms with E-state index < -0.39 is 17.7 Å². The van der Waals surface area contributed by atoms with Crippen LogP contribution in [0.5, 0.6) is 0 Å². The van der Waals surface area contributed by atoms with Gasteiger partial charge in [0.2, 0.25) is 0 Å². The molecule has 0 aromatic heterocycles. The first-order valence-electron chi connectivity index (χ1n) is 10.2. The molecule has 1 heterocycles. The number of halogens is 1. The molecular weight excluding hydrogens is 444 g/mol. The molecule has 0 unspecified atom stereocenters. The smallest absolute Gasteiger partial charge is 0.295 e. The van der Waals surface area contributed by atoms with Gasteiger partial charge >= 0.3 is 0 Å². The van der Waals surface area contributed by atoms with E-state index in [0.29, 0.717) is 18.7 Å². The number of carbonyl (C=O) groups excluding carboxylic acids is 2. The molecule has 2 aromatic rings. The van der Waals surface area contributed by atoms with E-state index in [9.17, 15) is 14.7 Å². The molecule has 0 spiro atoms. The molecule has 1 aliphatic rings. The Bertz CT molecular complexity index is 965. The van der Waals surface area contributed by atoms with Crippen molar-refractivity contribution in [3.63, 3.8) is 0 Å². The average molecular weight is 471 g/mol. The first kappa shape index (κ1) is 22.2. The van der Waals surface area contributed by atoms with E-state index in [1.165, 1.54) is 0 Å². The second-order valence-corrected chi connectivity index (χ2v) is 8.36. The summed E-state index contributed by atoms with van der Waals surface area (Å²) in [7, 11) is 0. The molecule has 3 rings (SSSR count). The molecule has 1 fully saturated rings. The number of ketones is 1. The summed E-state index contributed by atoms with van der Waals surface area (Å²) in [5.41, 5.74) is 2.51. The lowest BCUT2D eigenvalue weighted by Gasteiger charge is -2.28. The van der Waals surface area contributed by atoms with E-state index in [1.807, 2.05) is 43.3 Å². The standard InChI is InChI=1S/C24H27BrN2O3/c1-4-26(5-2)13-14-27-21(18-7-6-8-19(25)15-18)20(23(29)24(27)30)22(28)17-11-9-16(3)10-12-17/h6-12,15,21,28H,4-5,13-14H2,1-3H3/b22-20+/t21-/m1/s1. The minimum atomic E-state index is -0.641. The molecular formula is C24H27BrN2O3. The molecule has 6 heteroatoms. The third kappa shape index (κ3) is 4.50. The minimum absolute atomic E-state index is 0.135. The van der Waals surface area contributed by atoms with Gasteiger partial charge in [-0.05, 0) is 37.7 Å². The van der Waals surface area contributed by atoms with E-state index in [1.54, 1.807) is 17.0 Å². The second kappa shape index (κ2) is 9.58.